The molecule has 0 spiro atoms. The SMILES string of the molecule is CC1(C)CC(S(=O)(=O)Cc2nc(CC(F)(F)F)no2)CO1. The minimum atomic E-state index is -4.47. The zero-order valence-corrected chi connectivity index (χ0v) is 12.3. The lowest BCUT2D eigenvalue weighted by molar-refractivity contribution is -0.128. The molecule has 0 N–H and O–H groups in total. The lowest BCUT2D eigenvalue weighted by atomic mass is 10.1. The highest BCUT2D eigenvalue weighted by Gasteiger charge is 2.40. The molecule has 6 nitrogen and oxygen atoms in total. The molecule has 0 aromatic carbocycles. The molecular formula is C11H15F3N2O4S. The highest BCUT2D eigenvalue weighted by atomic mass is 32.2. The molecule has 2 rings (SSSR count). The van der Waals surface area contributed by atoms with Crippen LogP contribution in [0.3, 0.4) is 0 Å². The number of hydrogen-bond donors (Lipinski definition) is 0. The zero-order chi connectivity index (χ0) is 15.9. The molecule has 1 fully saturated rings. The standard InChI is InChI=1S/C11H15F3N2O4S/c1-10(2)3-7(5-19-10)21(17,18)6-9-15-8(16-20-9)4-11(12,13)14/h7H,3-6H2,1-2H3. The number of aromatic nitrogens is 2. The van der Waals surface area contributed by atoms with Gasteiger partial charge in [-0.3, -0.25) is 0 Å². The third kappa shape index (κ3) is 4.40. The Bertz CT molecular complexity index is 609. The number of nitrogens with zero attached hydrogens (tertiary/aromatic N) is 2. The van der Waals surface area contributed by atoms with Crippen molar-refractivity contribution in [2.45, 2.75) is 49.5 Å². The maximum Gasteiger partial charge on any atom is 0.396 e. The van der Waals surface area contributed by atoms with Crippen LogP contribution in [-0.2, 0) is 26.7 Å². The molecule has 0 aliphatic carbocycles. The second-order valence-electron chi connectivity index (χ2n) is 5.60. The van der Waals surface area contributed by atoms with Gasteiger partial charge in [0, 0.05) is 0 Å². The summed E-state index contributed by atoms with van der Waals surface area (Å²) in [4.78, 5) is 3.47. The summed E-state index contributed by atoms with van der Waals surface area (Å²) in [7, 11) is -3.62. The molecule has 10 heteroatoms. The Morgan fingerprint density at radius 2 is 2.05 bits per heavy atom. The fraction of sp³-hybridized carbons (Fsp3) is 0.818. The van der Waals surface area contributed by atoms with Gasteiger partial charge in [-0.1, -0.05) is 5.16 Å². The van der Waals surface area contributed by atoms with E-state index < -0.39 is 44.9 Å². The van der Waals surface area contributed by atoms with E-state index in [9.17, 15) is 21.6 Å². The van der Waals surface area contributed by atoms with E-state index in [0.717, 1.165) is 0 Å². The number of sulfone groups is 1. The molecular weight excluding hydrogens is 313 g/mol. The third-order valence-corrected chi connectivity index (χ3v) is 5.05. The van der Waals surface area contributed by atoms with Gasteiger partial charge in [-0.25, -0.2) is 8.42 Å². The molecule has 2 heterocycles. The van der Waals surface area contributed by atoms with E-state index in [1.54, 1.807) is 13.8 Å². The molecule has 1 aliphatic rings. The first-order chi connectivity index (χ1) is 9.47. The topological polar surface area (TPSA) is 82.3 Å². The van der Waals surface area contributed by atoms with E-state index >= 15 is 0 Å². The van der Waals surface area contributed by atoms with Crippen LogP contribution in [0.2, 0.25) is 0 Å². The lowest BCUT2D eigenvalue weighted by Gasteiger charge is -2.15. The first kappa shape index (κ1) is 16.2. The summed E-state index contributed by atoms with van der Waals surface area (Å²) in [6.07, 6.45) is -5.50. The van der Waals surface area contributed by atoms with Crippen LogP contribution in [0.1, 0.15) is 32.0 Å². The van der Waals surface area contributed by atoms with Crippen LogP contribution in [0.5, 0.6) is 0 Å². The quantitative estimate of drug-likeness (QED) is 0.836. The van der Waals surface area contributed by atoms with Crippen molar-refractivity contribution in [3.63, 3.8) is 0 Å². The Balaban J connectivity index is 2.04. The van der Waals surface area contributed by atoms with Gasteiger partial charge in [0.15, 0.2) is 15.7 Å². The normalized spacial score (nSPS) is 22.6. The molecule has 1 aliphatic heterocycles. The van der Waals surface area contributed by atoms with Gasteiger partial charge in [0.1, 0.15) is 12.2 Å². The van der Waals surface area contributed by atoms with Crippen molar-refractivity contribution >= 4 is 9.84 Å². The third-order valence-electron chi connectivity index (χ3n) is 3.08. The second-order valence-corrected chi connectivity index (χ2v) is 7.88. The molecule has 1 aromatic rings. The van der Waals surface area contributed by atoms with Crippen molar-refractivity contribution in [3.05, 3.63) is 11.7 Å². The van der Waals surface area contributed by atoms with Gasteiger partial charge < -0.3 is 9.26 Å². The first-order valence-corrected chi connectivity index (χ1v) is 7.92. The average molecular weight is 328 g/mol. The number of alkyl halides is 3. The predicted molar refractivity (Wildman–Crippen MR) is 65.1 cm³/mol. The minimum Gasteiger partial charge on any atom is -0.374 e. The summed E-state index contributed by atoms with van der Waals surface area (Å²) in [6.45, 7) is 3.60. The van der Waals surface area contributed by atoms with Gasteiger partial charge in [0.25, 0.3) is 0 Å². The van der Waals surface area contributed by atoms with E-state index in [1.165, 1.54) is 0 Å². The average Bonchev–Trinajstić information content (AvgIpc) is 2.82. The Morgan fingerprint density at radius 3 is 2.57 bits per heavy atom. The number of ether oxygens (including phenoxy) is 1. The Labute approximate surface area is 119 Å². The van der Waals surface area contributed by atoms with Crippen molar-refractivity contribution in [1.29, 1.82) is 0 Å². The van der Waals surface area contributed by atoms with Gasteiger partial charge in [0.2, 0.25) is 5.89 Å². The first-order valence-electron chi connectivity index (χ1n) is 6.21. The van der Waals surface area contributed by atoms with Crippen LogP contribution in [0.25, 0.3) is 0 Å². The molecule has 0 amide bonds. The van der Waals surface area contributed by atoms with Crippen molar-refractivity contribution in [1.82, 2.24) is 10.1 Å². The molecule has 1 atom stereocenters. The predicted octanol–water partition coefficient (Wildman–Crippen LogP) is 1.66. The summed E-state index contributed by atoms with van der Waals surface area (Å²) < 4.78 is 70.7. The number of hydrogen-bond acceptors (Lipinski definition) is 6. The van der Waals surface area contributed by atoms with Gasteiger partial charge in [-0.2, -0.15) is 18.2 Å². The van der Waals surface area contributed by atoms with Crippen LogP contribution in [0.4, 0.5) is 13.2 Å². The van der Waals surface area contributed by atoms with Crippen LogP contribution in [0.15, 0.2) is 4.52 Å². The van der Waals surface area contributed by atoms with E-state index in [0.29, 0.717) is 6.42 Å². The summed E-state index contributed by atoms with van der Waals surface area (Å²) in [6, 6.07) is 0. The van der Waals surface area contributed by atoms with Gasteiger partial charge >= 0.3 is 6.18 Å². The monoisotopic (exact) mass is 328 g/mol. The fourth-order valence-electron chi connectivity index (χ4n) is 2.11. The summed E-state index contributed by atoms with van der Waals surface area (Å²) in [5.41, 5.74) is -0.534. The van der Waals surface area contributed by atoms with E-state index in [4.69, 9.17) is 4.74 Å². The summed E-state index contributed by atoms with van der Waals surface area (Å²) in [5, 5.41) is 2.42. The van der Waals surface area contributed by atoms with E-state index in [2.05, 4.69) is 14.7 Å². The van der Waals surface area contributed by atoms with Crippen molar-refractivity contribution in [3.8, 4) is 0 Å². The second kappa shape index (κ2) is 5.24. The van der Waals surface area contributed by atoms with Gasteiger partial charge in [-0.15, -0.1) is 0 Å². The Kier molecular flexibility index (Phi) is 4.04. The van der Waals surface area contributed by atoms with Gasteiger partial charge in [0.05, 0.1) is 17.5 Å². The van der Waals surface area contributed by atoms with E-state index in [-0.39, 0.29) is 12.5 Å². The maximum atomic E-state index is 12.2. The Morgan fingerprint density at radius 1 is 1.38 bits per heavy atom. The molecule has 21 heavy (non-hydrogen) atoms. The van der Waals surface area contributed by atoms with Crippen LogP contribution >= 0.6 is 0 Å². The van der Waals surface area contributed by atoms with Crippen LogP contribution in [-0.4, -0.2) is 42.2 Å². The molecule has 1 unspecified atom stereocenters. The van der Waals surface area contributed by atoms with E-state index in [1.807, 2.05) is 0 Å². The molecule has 0 radical (unpaired) electrons. The summed E-state index contributed by atoms with van der Waals surface area (Å²) in [5.74, 6) is -1.49. The van der Waals surface area contributed by atoms with Crippen molar-refractivity contribution in [2.24, 2.45) is 0 Å². The minimum absolute atomic E-state index is 0.0544. The maximum absolute atomic E-state index is 12.2. The number of halogens is 3. The van der Waals surface area contributed by atoms with Crippen LogP contribution < -0.4 is 0 Å². The molecule has 0 bridgehead atoms. The lowest BCUT2D eigenvalue weighted by Crippen LogP contribution is -2.25. The fourth-order valence-corrected chi connectivity index (χ4v) is 3.73. The largest absolute Gasteiger partial charge is 0.396 e. The molecule has 0 saturated carbocycles. The van der Waals surface area contributed by atoms with Crippen molar-refractivity contribution in [2.75, 3.05) is 6.61 Å². The Hall–Kier alpha value is -1.16. The zero-order valence-electron chi connectivity index (χ0n) is 11.5. The van der Waals surface area contributed by atoms with Gasteiger partial charge in [-0.05, 0) is 20.3 Å². The molecule has 1 saturated heterocycles. The highest BCUT2D eigenvalue weighted by Crippen LogP contribution is 2.30. The number of rotatable bonds is 4. The molecule has 1 aromatic heterocycles. The summed E-state index contributed by atoms with van der Waals surface area (Å²) >= 11 is 0. The molecule has 120 valence electrons. The smallest absolute Gasteiger partial charge is 0.374 e. The van der Waals surface area contributed by atoms with Crippen molar-refractivity contribution < 1.29 is 30.8 Å². The van der Waals surface area contributed by atoms with Crippen LogP contribution in [0, 0.1) is 0 Å². The highest BCUT2D eigenvalue weighted by molar-refractivity contribution is 7.91.